The van der Waals surface area contributed by atoms with E-state index in [1.165, 1.54) is 6.20 Å². The first-order valence-electron chi connectivity index (χ1n) is 6.92. The van der Waals surface area contributed by atoms with Gasteiger partial charge in [0.1, 0.15) is 12.1 Å². The molecule has 0 atom stereocenters. The van der Waals surface area contributed by atoms with E-state index in [1.54, 1.807) is 19.0 Å². The van der Waals surface area contributed by atoms with Gasteiger partial charge in [0.2, 0.25) is 11.9 Å². The van der Waals surface area contributed by atoms with Gasteiger partial charge < -0.3 is 15.1 Å². The van der Waals surface area contributed by atoms with Crippen molar-refractivity contribution in [2.24, 2.45) is 0 Å². The van der Waals surface area contributed by atoms with E-state index in [2.05, 4.69) is 15.3 Å². The van der Waals surface area contributed by atoms with Crippen molar-refractivity contribution in [2.45, 2.75) is 25.4 Å². The molecule has 1 aromatic heterocycles. The number of halogens is 3. The summed E-state index contributed by atoms with van der Waals surface area (Å²) < 4.78 is 36.7. The maximum Gasteiger partial charge on any atom is 0.397 e. The van der Waals surface area contributed by atoms with E-state index in [4.69, 9.17) is 0 Å². The molecule has 0 unspecified atom stereocenters. The van der Waals surface area contributed by atoms with Crippen molar-refractivity contribution in [3.63, 3.8) is 0 Å². The molecule has 0 saturated carbocycles. The van der Waals surface area contributed by atoms with E-state index < -0.39 is 18.5 Å². The zero-order valence-corrected chi connectivity index (χ0v) is 12.4. The Morgan fingerprint density at radius 1 is 1.36 bits per heavy atom. The van der Waals surface area contributed by atoms with Crippen LogP contribution in [-0.2, 0) is 4.79 Å². The van der Waals surface area contributed by atoms with Gasteiger partial charge in [-0.25, -0.2) is 4.98 Å². The van der Waals surface area contributed by atoms with Crippen LogP contribution < -0.4 is 15.1 Å². The highest BCUT2D eigenvalue weighted by Crippen LogP contribution is 2.26. The number of anilines is 3. The molecule has 1 amide bonds. The first-order valence-corrected chi connectivity index (χ1v) is 6.92. The third-order valence-corrected chi connectivity index (χ3v) is 3.20. The molecule has 0 aliphatic carbocycles. The SMILES string of the molecule is CN(C)c1nc(N2CCCC2)ncc1NC(=O)CC(F)(F)F. The number of aromatic nitrogens is 2. The molecule has 2 heterocycles. The second-order valence-corrected chi connectivity index (χ2v) is 5.34. The molecule has 1 saturated heterocycles. The number of nitrogens with one attached hydrogen (secondary N) is 1. The lowest BCUT2D eigenvalue weighted by atomic mass is 10.3. The van der Waals surface area contributed by atoms with Gasteiger partial charge in [0.25, 0.3) is 0 Å². The molecule has 1 N–H and O–H groups in total. The minimum absolute atomic E-state index is 0.169. The molecule has 122 valence electrons. The summed E-state index contributed by atoms with van der Waals surface area (Å²) in [4.78, 5) is 23.6. The van der Waals surface area contributed by atoms with E-state index in [1.807, 2.05) is 4.90 Å². The summed E-state index contributed by atoms with van der Waals surface area (Å²) in [6.07, 6.45) is -2.60. The third kappa shape index (κ3) is 4.22. The van der Waals surface area contributed by atoms with Crippen LogP contribution in [0.4, 0.5) is 30.6 Å². The second-order valence-electron chi connectivity index (χ2n) is 5.34. The molecule has 2 rings (SSSR count). The summed E-state index contributed by atoms with van der Waals surface area (Å²) in [6, 6.07) is 0. The number of hydrogen-bond acceptors (Lipinski definition) is 5. The first-order chi connectivity index (χ1) is 10.3. The standard InChI is InChI=1S/C13H18F3N5O/c1-20(2)11-9(18-10(22)7-13(14,15)16)8-17-12(19-11)21-5-3-4-6-21/h8H,3-7H2,1-2H3,(H,18,22). The number of nitrogens with zero attached hydrogens (tertiary/aromatic N) is 4. The Bertz CT molecular complexity index is 541. The number of carbonyl (C=O) groups is 1. The van der Waals surface area contributed by atoms with Gasteiger partial charge in [0.15, 0.2) is 5.82 Å². The molecule has 0 spiro atoms. The average molecular weight is 317 g/mol. The topological polar surface area (TPSA) is 61.4 Å². The van der Waals surface area contributed by atoms with E-state index in [9.17, 15) is 18.0 Å². The smallest absolute Gasteiger partial charge is 0.361 e. The van der Waals surface area contributed by atoms with Gasteiger partial charge in [-0.15, -0.1) is 0 Å². The number of alkyl halides is 3. The molecular weight excluding hydrogens is 299 g/mol. The van der Waals surface area contributed by atoms with Crippen molar-refractivity contribution in [2.75, 3.05) is 42.3 Å². The molecule has 6 nitrogen and oxygen atoms in total. The number of hydrogen-bond donors (Lipinski definition) is 1. The predicted molar refractivity (Wildman–Crippen MR) is 77.1 cm³/mol. The lowest BCUT2D eigenvalue weighted by Gasteiger charge is -2.21. The molecule has 0 aromatic carbocycles. The highest BCUT2D eigenvalue weighted by atomic mass is 19.4. The molecule has 9 heteroatoms. The van der Waals surface area contributed by atoms with Gasteiger partial charge in [-0.1, -0.05) is 0 Å². The van der Waals surface area contributed by atoms with Crippen molar-refractivity contribution in [3.8, 4) is 0 Å². The Labute approximate surface area is 126 Å². The summed E-state index contributed by atoms with van der Waals surface area (Å²) in [5, 5.41) is 2.22. The summed E-state index contributed by atoms with van der Waals surface area (Å²) >= 11 is 0. The lowest BCUT2D eigenvalue weighted by molar-refractivity contribution is -0.150. The molecule has 22 heavy (non-hydrogen) atoms. The van der Waals surface area contributed by atoms with Crippen LogP contribution in [0, 0.1) is 0 Å². The van der Waals surface area contributed by atoms with Gasteiger partial charge in [0, 0.05) is 27.2 Å². The van der Waals surface area contributed by atoms with E-state index in [0.717, 1.165) is 25.9 Å². The highest BCUT2D eigenvalue weighted by molar-refractivity contribution is 5.93. The van der Waals surface area contributed by atoms with E-state index >= 15 is 0 Å². The third-order valence-electron chi connectivity index (χ3n) is 3.20. The first kappa shape index (κ1) is 16.3. The summed E-state index contributed by atoms with van der Waals surface area (Å²) in [5.74, 6) is -0.226. The van der Waals surface area contributed by atoms with Crippen molar-refractivity contribution >= 4 is 23.4 Å². The number of rotatable bonds is 4. The Hall–Kier alpha value is -2.06. The number of amides is 1. The van der Waals surface area contributed by atoms with Crippen LogP contribution in [0.15, 0.2) is 6.20 Å². The Morgan fingerprint density at radius 2 is 2.00 bits per heavy atom. The van der Waals surface area contributed by atoms with Crippen molar-refractivity contribution < 1.29 is 18.0 Å². The fourth-order valence-electron chi connectivity index (χ4n) is 2.24. The minimum Gasteiger partial charge on any atom is -0.361 e. The van der Waals surface area contributed by atoms with E-state index in [0.29, 0.717) is 11.8 Å². The van der Waals surface area contributed by atoms with Crippen LogP contribution in [0.1, 0.15) is 19.3 Å². The number of carbonyl (C=O) groups excluding carboxylic acids is 1. The van der Waals surface area contributed by atoms with Crippen molar-refractivity contribution in [1.29, 1.82) is 0 Å². The van der Waals surface area contributed by atoms with Crippen LogP contribution >= 0.6 is 0 Å². The maximum atomic E-state index is 12.2. The average Bonchev–Trinajstić information content (AvgIpc) is 2.90. The van der Waals surface area contributed by atoms with E-state index in [-0.39, 0.29) is 5.69 Å². The maximum absolute atomic E-state index is 12.2. The fraction of sp³-hybridized carbons (Fsp3) is 0.615. The predicted octanol–water partition coefficient (Wildman–Crippen LogP) is 2.03. The largest absolute Gasteiger partial charge is 0.397 e. The van der Waals surface area contributed by atoms with Crippen molar-refractivity contribution in [3.05, 3.63) is 6.20 Å². The molecule has 1 fully saturated rings. The highest BCUT2D eigenvalue weighted by Gasteiger charge is 2.31. The zero-order chi connectivity index (χ0) is 16.3. The zero-order valence-electron chi connectivity index (χ0n) is 12.4. The van der Waals surface area contributed by atoms with Crippen LogP contribution in [0.3, 0.4) is 0 Å². The van der Waals surface area contributed by atoms with Crippen molar-refractivity contribution in [1.82, 2.24) is 9.97 Å². The lowest BCUT2D eigenvalue weighted by Crippen LogP contribution is -2.25. The Morgan fingerprint density at radius 3 is 2.55 bits per heavy atom. The van der Waals surface area contributed by atoms with Gasteiger partial charge in [-0.05, 0) is 12.8 Å². The van der Waals surface area contributed by atoms with Crippen LogP contribution in [0.5, 0.6) is 0 Å². The molecular formula is C13H18F3N5O. The van der Waals surface area contributed by atoms with Gasteiger partial charge in [0.05, 0.1) is 6.20 Å². The minimum atomic E-state index is -4.54. The molecule has 1 aliphatic rings. The summed E-state index contributed by atoms with van der Waals surface area (Å²) in [5.41, 5.74) is 0.169. The molecule has 1 aromatic rings. The Balaban J connectivity index is 2.18. The Kier molecular flexibility index (Phi) is 4.72. The summed E-state index contributed by atoms with van der Waals surface area (Å²) in [6.45, 7) is 1.71. The molecule has 0 radical (unpaired) electrons. The van der Waals surface area contributed by atoms with Gasteiger partial charge in [-0.2, -0.15) is 18.2 Å². The quantitative estimate of drug-likeness (QED) is 0.921. The van der Waals surface area contributed by atoms with Gasteiger partial charge in [-0.3, -0.25) is 4.79 Å². The monoisotopic (exact) mass is 317 g/mol. The normalized spacial score (nSPS) is 15.0. The molecule has 0 bridgehead atoms. The fourth-order valence-corrected chi connectivity index (χ4v) is 2.24. The van der Waals surface area contributed by atoms with Crippen LogP contribution in [0.25, 0.3) is 0 Å². The van der Waals surface area contributed by atoms with Gasteiger partial charge >= 0.3 is 6.18 Å². The van der Waals surface area contributed by atoms with Crippen LogP contribution in [-0.4, -0.2) is 49.2 Å². The van der Waals surface area contributed by atoms with Crippen LogP contribution in [0.2, 0.25) is 0 Å². The molecule has 1 aliphatic heterocycles. The second kappa shape index (κ2) is 6.37. The summed E-state index contributed by atoms with van der Waals surface area (Å²) in [7, 11) is 3.41.